The maximum atomic E-state index is 10.2. The van der Waals surface area contributed by atoms with E-state index in [-0.39, 0.29) is 6.10 Å². The highest BCUT2D eigenvalue weighted by atomic mass is 16.5. The van der Waals surface area contributed by atoms with E-state index in [9.17, 15) is 5.11 Å². The maximum Gasteiger partial charge on any atom is 0.164 e. The molecule has 0 amide bonds. The van der Waals surface area contributed by atoms with E-state index in [1.807, 2.05) is 18.2 Å². The molecule has 3 rings (SSSR count). The number of likely N-dealkylation sites (tertiary alicyclic amines) is 1. The lowest BCUT2D eigenvalue weighted by molar-refractivity contribution is 0.107. The van der Waals surface area contributed by atoms with Gasteiger partial charge in [-0.25, -0.2) is 0 Å². The van der Waals surface area contributed by atoms with Crippen LogP contribution in [0.4, 0.5) is 0 Å². The number of nitrogens with zero attached hydrogens (tertiary/aromatic N) is 1. The third-order valence-electron chi connectivity index (χ3n) is 4.58. The topological polar surface area (TPSA) is 41.9 Å². The van der Waals surface area contributed by atoms with Crippen molar-refractivity contribution >= 4 is 0 Å². The quantitative estimate of drug-likeness (QED) is 0.903. The van der Waals surface area contributed by atoms with E-state index >= 15 is 0 Å². The normalized spacial score (nSPS) is 22.0. The Bertz CT molecular complexity index is 491. The summed E-state index contributed by atoms with van der Waals surface area (Å²) < 4.78 is 11.7. The summed E-state index contributed by atoms with van der Waals surface area (Å²) in [6.45, 7) is 2.14. The standard InChI is InChI=1S/C17H25NO3/c1-18-10-6-14(7-11-18)21-16-13(12-17(19)8-9-17)4-3-5-15(16)20-2/h3-5,14,19H,6-12H2,1-2H3. The second-order valence-electron chi connectivity index (χ2n) is 6.47. The van der Waals surface area contributed by atoms with Crippen molar-refractivity contribution < 1.29 is 14.6 Å². The van der Waals surface area contributed by atoms with Crippen LogP contribution in [0.3, 0.4) is 0 Å². The molecule has 1 aromatic rings. The lowest BCUT2D eigenvalue weighted by Gasteiger charge is -2.30. The number of methoxy groups -OCH3 is 1. The minimum Gasteiger partial charge on any atom is -0.493 e. The molecule has 0 radical (unpaired) electrons. The van der Waals surface area contributed by atoms with Crippen molar-refractivity contribution in [3.05, 3.63) is 23.8 Å². The van der Waals surface area contributed by atoms with Crippen LogP contribution >= 0.6 is 0 Å². The van der Waals surface area contributed by atoms with Crippen LogP contribution in [0.5, 0.6) is 11.5 Å². The van der Waals surface area contributed by atoms with Crippen LogP contribution in [0.25, 0.3) is 0 Å². The van der Waals surface area contributed by atoms with Gasteiger partial charge in [0.1, 0.15) is 6.10 Å². The Hall–Kier alpha value is -1.26. The average molecular weight is 291 g/mol. The summed E-state index contributed by atoms with van der Waals surface area (Å²) in [4.78, 5) is 2.33. The predicted molar refractivity (Wildman–Crippen MR) is 82.0 cm³/mol. The molecule has 1 aromatic carbocycles. The Balaban J connectivity index is 1.77. The van der Waals surface area contributed by atoms with Crippen molar-refractivity contribution in [2.45, 2.75) is 43.8 Å². The van der Waals surface area contributed by atoms with Crippen LogP contribution in [0.15, 0.2) is 18.2 Å². The van der Waals surface area contributed by atoms with Gasteiger partial charge >= 0.3 is 0 Å². The molecule has 1 saturated heterocycles. The van der Waals surface area contributed by atoms with Crippen LogP contribution in [-0.2, 0) is 6.42 Å². The second-order valence-corrected chi connectivity index (χ2v) is 6.47. The summed E-state index contributed by atoms with van der Waals surface area (Å²) in [6.07, 6.45) is 4.75. The molecule has 1 N–H and O–H groups in total. The summed E-state index contributed by atoms with van der Waals surface area (Å²) in [6, 6.07) is 5.95. The third-order valence-corrected chi connectivity index (χ3v) is 4.58. The minimum absolute atomic E-state index is 0.241. The predicted octanol–water partition coefficient (Wildman–Crippen LogP) is 2.24. The number of benzene rings is 1. The van der Waals surface area contributed by atoms with Crippen LogP contribution in [0.2, 0.25) is 0 Å². The maximum absolute atomic E-state index is 10.2. The molecule has 1 heterocycles. The summed E-state index contributed by atoms with van der Waals surface area (Å²) in [5, 5.41) is 10.2. The fourth-order valence-electron chi connectivity index (χ4n) is 2.94. The molecule has 21 heavy (non-hydrogen) atoms. The molecule has 4 heteroatoms. The van der Waals surface area contributed by atoms with Crippen LogP contribution in [-0.4, -0.2) is 49.0 Å². The van der Waals surface area contributed by atoms with Crippen molar-refractivity contribution in [3.8, 4) is 11.5 Å². The molecular weight excluding hydrogens is 266 g/mol. The monoisotopic (exact) mass is 291 g/mol. The molecule has 1 aliphatic carbocycles. The van der Waals surface area contributed by atoms with E-state index in [0.29, 0.717) is 6.42 Å². The molecule has 116 valence electrons. The van der Waals surface area contributed by atoms with E-state index in [0.717, 1.165) is 55.8 Å². The first kappa shape index (κ1) is 14.7. The Kier molecular flexibility index (Phi) is 4.09. The lowest BCUT2D eigenvalue weighted by atomic mass is 10.0. The zero-order valence-electron chi connectivity index (χ0n) is 13.0. The van der Waals surface area contributed by atoms with Gasteiger partial charge in [0.05, 0.1) is 12.7 Å². The molecule has 0 atom stereocenters. The molecule has 0 aromatic heterocycles. The molecule has 1 saturated carbocycles. The van der Waals surface area contributed by atoms with Gasteiger partial charge in [-0.05, 0) is 38.8 Å². The first-order chi connectivity index (χ1) is 10.1. The SMILES string of the molecule is COc1cccc(CC2(O)CC2)c1OC1CCN(C)CC1. The highest BCUT2D eigenvalue weighted by Crippen LogP contribution is 2.42. The second kappa shape index (κ2) is 5.85. The third kappa shape index (κ3) is 3.50. The smallest absolute Gasteiger partial charge is 0.164 e. The zero-order valence-corrected chi connectivity index (χ0v) is 13.0. The first-order valence-corrected chi connectivity index (χ1v) is 7.83. The van der Waals surface area contributed by atoms with Gasteiger partial charge in [0.15, 0.2) is 11.5 Å². The Labute approximate surface area is 126 Å². The van der Waals surface area contributed by atoms with Crippen molar-refractivity contribution in [1.82, 2.24) is 4.90 Å². The molecule has 4 nitrogen and oxygen atoms in total. The van der Waals surface area contributed by atoms with E-state index in [2.05, 4.69) is 11.9 Å². The summed E-state index contributed by atoms with van der Waals surface area (Å²) in [7, 11) is 3.82. The molecule has 1 aliphatic heterocycles. The lowest BCUT2D eigenvalue weighted by Crippen LogP contribution is -2.35. The van der Waals surface area contributed by atoms with E-state index in [4.69, 9.17) is 9.47 Å². The molecule has 2 fully saturated rings. The summed E-state index contributed by atoms with van der Waals surface area (Å²) in [5.74, 6) is 1.60. The first-order valence-electron chi connectivity index (χ1n) is 7.83. The summed E-state index contributed by atoms with van der Waals surface area (Å²) >= 11 is 0. The number of hydrogen-bond donors (Lipinski definition) is 1. The summed E-state index contributed by atoms with van der Waals surface area (Å²) in [5.41, 5.74) is 0.547. The minimum atomic E-state index is -0.517. The van der Waals surface area contributed by atoms with Crippen molar-refractivity contribution in [1.29, 1.82) is 0 Å². The van der Waals surface area contributed by atoms with Crippen LogP contribution in [0.1, 0.15) is 31.2 Å². The van der Waals surface area contributed by atoms with Crippen molar-refractivity contribution in [2.75, 3.05) is 27.2 Å². The number of rotatable bonds is 5. The fraction of sp³-hybridized carbons (Fsp3) is 0.647. The number of ether oxygens (including phenoxy) is 2. The number of piperidine rings is 1. The van der Waals surface area contributed by atoms with Gasteiger partial charge in [0, 0.05) is 25.1 Å². The Morgan fingerprint density at radius 3 is 2.62 bits per heavy atom. The van der Waals surface area contributed by atoms with Crippen LogP contribution in [0, 0.1) is 0 Å². The Morgan fingerprint density at radius 2 is 2.00 bits per heavy atom. The van der Waals surface area contributed by atoms with Gasteiger partial charge < -0.3 is 19.5 Å². The molecule has 0 unspecified atom stereocenters. The van der Waals surface area contributed by atoms with Gasteiger partial charge in [0.2, 0.25) is 0 Å². The van der Waals surface area contributed by atoms with Crippen molar-refractivity contribution in [3.63, 3.8) is 0 Å². The van der Waals surface area contributed by atoms with E-state index in [1.54, 1.807) is 7.11 Å². The van der Waals surface area contributed by atoms with Gasteiger partial charge in [-0.1, -0.05) is 12.1 Å². The van der Waals surface area contributed by atoms with E-state index < -0.39 is 5.60 Å². The van der Waals surface area contributed by atoms with Gasteiger partial charge in [-0.2, -0.15) is 0 Å². The average Bonchev–Trinajstić information content (AvgIpc) is 3.20. The molecule has 0 spiro atoms. The van der Waals surface area contributed by atoms with Gasteiger partial charge in [-0.3, -0.25) is 0 Å². The van der Waals surface area contributed by atoms with Gasteiger partial charge in [-0.15, -0.1) is 0 Å². The van der Waals surface area contributed by atoms with Gasteiger partial charge in [0.25, 0.3) is 0 Å². The zero-order chi connectivity index (χ0) is 14.9. The Morgan fingerprint density at radius 1 is 1.29 bits per heavy atom. The fourth-order valence-corrected chi connectivity index (χ4v) is 2.94. The number of para-hydroxylation sites is 1. The van der Waals surface area contributed by atoms with Crippen LogP contribution < -0.4 is 9.47 Å². The molecular formula is C17H25NO3. The number of aliphatic hydroxyl groups is 1. The largest absolute Gasteiger partial charge is 0.493 e. The molecule has 2 aliphatic rings. The van der Waals surface area contributed by atoms with Crippen molar-refractivity contribution in [2.24, 2.45) is 0 Å². The highest BCUT2D eigenvalue weighted by Gasteiger charge is 2.41. The number of hydrogen-bond acceptors (Lipinski definition) is 4. The van der Waals surface area contributed by atoms with E-state index in [1.165, 1.54) is 0 Å². The highest BCUT2D eigenvalue weighted by molar-refractivity contribution is 5.47. The molecule has 0 bridgehead atoms.